The number of hydrogen-bond acceptors (Lipinski definition) is 3. The molecule has 0 bridgehead atoms. The number of benzene rings is 1. The van der Waals surface area contributed by atoms with E-state index in [-0.39, 0.29) is 11.5 Å². The number of phenols is 1. The Balaban J connectivity index is 3.26. The van der Waals surface area contributed by atoms with Gasteiger partial charge in [0.1, 0.15) is 0 Å². The Morgan fingerprint density at radius 3 is 1.96 bits per heavy atom. The van der Waals surface area contributed by atoms with E-state index in [1.165, 1.54) is 0 Å². The molecule has 130 valence electrons. The summed E-state index contributed by atoms with van der Waals surface area (Å²) in [5.74, 6) is 0.0769. The molecular formula is C17H24I2O4. The molecular weight excluding hydrogens is 522 g/mol. The molecule has 0 unspecified atom stereocenters. The molecule has 1 aromatic carbocycles. The van der Waals surface area contributed by atoms with Crippen LogP contribution in [0.1, 0.15) is 63.5 Å². The number of halogens is 2. The Morgan fingerprint density at radius 1 is 0.957 bits per heavy atom. The van der Waals surface area contributed by atoms with Crippen LogP contribution in [0.15, 0.2) is 0 Å². The minimum Gasteiger partial charge on any atom is -0.504 e. The van der Waals surface area contributed by atoms with Crippen LogP contribution in [0.5, 0.6) is 11.5 Å². The number of ether oxygens (including phenoxy) is 1. The van der Waals surface area contributed by atoms with Gasteiger partial charge in [0.05, 0.1) is 3.57 Å². The van der Waals surface area contributed by atoms with Crippen molar-refractivity contribution in [3.63, 3.8) is 0 Å². The lowest BCUT2D eigenvalue weighted by atomic mass is 9.95. The molecule has 4 nitrogen and oxygen atoms in total. The molecule has 2 N–H and O–H groups in total. The smallest absolute Gasteiger partial charge is 0.504 e. The van der Waals surface area contributed by atoms with Crippen molar-refractivity contribution in [3.05, 3.63) is 18.3 Å². The number of carbonyl (C=O) groups is 1. The molecule has 1 rings (SSSR count). The van der Waals surface area contributed by atoms with Crippen LogP contribution in [0.25, 0.3) is 0 Å². The fourth-order valence-electron chi connectivity index (χ4n) is 2.56. The molecule has 1 aromatic rings. The highest BCUT2D eigenvalue weighted by atomic mass is 127. The summed E-state index contributed by atoms with van der Waals surface area (Å²) < 4.78 is 6.51. The zero-order chi connectivity index (χ0) is 17.4. The van der Waals surface area contributed by atoms with Crippen LogP contribution in [0.3, 0.4) is 0 Å². The molecule has 0 spiro atoms. The van der Waals surface area contributed by atoms with Gasteiger partial charge >= 0.3 is 6.16 Å². The molecule has 0 heterocycles. The van der Waals surface area contributed by atoms with Gasteiger partial charge in [-0.25, -0.2) is 4.79 Å². The molecule has 0 radical (unpaired) electrons. The third-order valence-electron chi connectivity index (χ3n) is 3.77. The molecule has 6 heteroatoms. The third kappa shape index (κ3) is 5.95. The molecule has 0 amide bonds. The van der Waals surface area contributed by atoms with E-state index in [2.05, 4.69) is 59.0 Å². The highest BCUT2D eigenvalue weighted by molar-refractivity contribution is 14.1. The van der Waals surface area contributed by atoms with Crippen molar-refractivity contribution in [2.75, 3.05) is 0 Å². The molecule has 0 fully saturated rings. The quantitative estimate of drug-likeness (QED) is 0.170. The van der Waals surface area contributed by atoms with E-state index in [1.807, 2.05) is 0 Å². The van der Waals surface area contributed by atoms with Gasteiger partial charge in [-0.05, 0) is 76.4 Å². The molecule has 0 aromatic heterocycles. The van der Waals surface area contributed by atoms with E-state index >= 15 is 0 Å². The van der Waals surface area contributed by atoms with E-state index in [1.54, 1.807) is 0 Å². The fraction of sp³-hybridized carbons (Fsp3) is 0.588. The summed E-state index contributed by atoms with van der Waals surface area (Å²) in [5, 5.41) is 19.5. The molecule has 0 aliphatic rings. The summed E-state index contributed by atoms with van der Waals surface area (Å²) in [5.41, 5.74) is 2.01. The summed E-state index contributed by atoms with van der Waals surface area (Å²) in [6, 6.07) is 0. The van der Waals surface area contributed by atoms with Gasteiger partial charge in [0, 0.05) is 9.13 Å². The predicted octanol–water partition coefficient (Wildman–Crippen LogP) is 6.12. The van der Waals surface area contributed by atoms with E-state index < -0.39 is 6.16 Å². The normalized spacial score (nSPS) is 10.8. The number of hydrogen-bond donors (Lipinski definition) is 2. The van der Waals surface area contributed by atoms with E-state index in [4.69, 9.17) is 9.84 Å². The Labute approximate surface area is 165 Å². The molecule has 0 aliphatic carbocycles. The maximum atomic E-state index is 10.9. The maximum Gasteiger partial charge on any atom is 0.511 e. The van der Waals surface area contributed by atoms with Crippen molar-refractivity contribution < 1.29 is 19.7 Å². The van der Waals surface area contributed by atoms with Gasteiger partial charge in [-0.1, -0.05) is 39.5 Å². The van der Waals surface area contributed by atoms with Crippen molar-refractivity contribution in [2.45, 2.75) is 65.2 Å². The highest BCUT2D eigenvalue weighted by Gasteiger charge is 2.23. The standard InChI is InChI=1S/C17H24I2O4/c1-3-5-7-9-11-12(10-8-6-4-2)15(20)16(23-17(21)22)14(19)13(11)18/h20H,3-10H2,1-2H3,(H,21,22). The van der Waals surface area contributed by atoms with Crippen molar-refractivity contribution >= 4 is 51.3 Å². The fourth-order valence-corrected chi connectivity index (χ4v) is 4.09. The second-order valence-corrected chi connectivity index (χ2v) is 7.70. The Bertz CT molecular complexity index is 544. The van der Waals surface area contributed by atoms with Crippen molar-refractivity contribution in [2.24, 2.45) is 0 Å². The first kappa shape index (κ1) is 20.8. The second-order valence-electron chi connectivity index (χ2n) is 5.54. The first-order valence-corrected chi connectivity index (χ1v) is 10.2. The van der Waals surface area contributed by atoms with Gasteiger partial charge in [0.2, 0.25) is 0 Å². The lowest BCUT2D eigenvalue weighted by Gasteiger charge is -2.18. The van der Waals surface area contributed by atoms with Crippen molar-refractivity contribution in [3.8, 4) is 11.5 Å². The zero-order valence-electron chi connectivity index (χ0n) is 13.6. The number of aromatic hydroxyl groups is 1. The third-order valence-corrected chi connectivity index (χ3v) is 7.02. The van der Waals surface area contributed by atoms with Crippen LogP contribution in [-0.4, -0.2) is 16.4 Å². The van der Waals surface area contributed by atoms with Crippen LogP contribution < -0.4 is 4.74 Å². The Hall–Kier alpha value is -0.250. The molecule has 0 saturated carbocycles. The number of carboxylic acid groups (broad SMARTS) is 1. The minimum absolute atomic E-state index is 0.000169. The monoisotopic (exact) mass is 546 g/mol. The first-order chi connectivity index (χ1) is 10.9. The summed E-state index contributed by atoms with van der Waals surface area (Å²) in [6.07, 6.45) is 6.80. The molecule has 0 aliphatic heterocycles. The summed E-state index contributed by atoms with van der Waals surface area (Å²) in [7, 11) is 0. The topological polar surface area (TPSA) is 66.8 Å². The summed E-state index contributed by atoms with van der Waals surface area (Å²) in [6.45, 7) is 4.30. The SMILES string of the molecule is CCCCCc1c(O)c(OC(=O)O)c(I)c(I)c1CCCCC. The van der Waals surface area contributed by atoms with E-state index in [9.17, 15) is 9.90 Å². The van der Waals surface area contributed by atoms with E-state index in [0.717, 1.165) is 66.1 Å². The number of rotatable bonds is 9. The average molecular weight is 546 g/mol. The van der Waals surface area contributed by atoms with Gasteiger partial charge in [0.25, 0.3) is 0 Å². The van der Waals surface area contributed by atoms with Gasteiger partial charge in [0.15, 0.2) is 11.5 Å². The van der Waals surface area contributed by atoms with Gasteiger partial charge < -0.3 is 14.9 Å². The first-order valence-electron chi connectivity index (χ1n) is 8.06. The largest absolute Gasteiger partial charge is 0.511 e. The number of phenolic OH excluding ortho intramolecular Hbond substituents is 1. The second kappa shape index (κ2) is 10.6. The van der Waals surface area contributed by atoms with Crippen LogP contribution in [0, 0.1) is 7.14 Å². The van der Waals surface area contributed by atoms with Crippen LogP contribution in [0.2, 0.25) is 0 Å². The predicted molar refractivity (Wildman–Crippen MR) is 109 cm³/mol. The maximum absolute atomic E-state index is 10.9. The molecule has 23 heavy (non-hydrogen) atoms. The van der Waals surface area contributed by atoms with Crippen LogP contribution in [-0.2, 0) is 12.8 Å². The minimum atomic E-state index is -1.40. The van der Waals surface area contributed by atoms with Gasteiger partial charge in [-0.2, -0.15) is 0 Å². The Morgan fingerprint density at radius 2 is 1.48 bits per heavy atom. The lowest BCUT2D eigenvalue weighted by Crippen LogP contribution is -2.09. The van der Waals surface area contributed by atoms with Crippen molar-refractivity contribution in [1.29, 1.82) is 0 Å². The van der Waals surface area contributed by atoms with Gasteiger partial charge in [-0.15, -0.1) is 0 Å². The van der Waals surface area contributed by atoms with Crippen molar-refractivity contribution in [1.82, 2.24) is 0 Å². The summed E-state index contributed by atoms with van der Waals surface area (Å²) >= 11 is 4.30. The van der Waals surface area contributed by atoms with Crippen LogP contribution >= 0.6 is 45.2 Å². The lowest BCUT2D eigenvalue weighted by molar-refractivity contribution is 0.142. The Kier molecular flexibility index (Phi) is 9.57. The zero-order valence-corrected chi connectivity index (χ0v) is 17.9. The molecule has 0 atom stereocenters. The summed E-state index contributed by atoms with van der Waals surface area (Å²) in [4.78, 5) is 10.9. The van der Waals surface area contributed by atoms with Crippen LogP contribution in [0.4, 0.5) is 4.79 Å². The number of unbranched alkanes of at least 4 members (excludes halogenated alkanes) is 4. The molecule has 0 saturated heterocycles. The average Bonchev–Trinajstić information content (AvgIpc) is 2.51. The van der Waals surface area contributed by atoms with E-state index in [0.29, 0.717) is 3.57 Å². The highest BCUT2D eigenvalue weighted by Crippen LogP contribution is 2.42. The van der Waals surface area contributed by atoms with Gasteiger partial charge in [-0.3, -0.25) is 0 Å².